The number of morpholine rings is 1. The van der Waals surface area contributed by atoms with E-state index in [1.54, 1.807) is 12.1 Å². The van der Waals surface area contributed by atoms with E-state index >= 15 is 0 Å². The van der Waals surface area contributed by atoms with Crippen molar-refractivity contribution in [2.45, 2.75) is 17.9 Å². The van der Waals surface area contributed by atoms with Crippen molar-refractivity contribution in [2.24, 2.45) is 0 Å². The average molecular weight is 380 g/mol. The molecule has 1 atom stereocenters. The highest BCUT2D eigenvalue weighted by atomic mass is 32.2. The average Bonchev–Trinajstić information content (AvgIpc) is 2.66. The van der Waals surface area contributed by atoms with Crippen LogP contribution in [0.3, 0.4) is 0 Å². The number of nitrogens with zero attached hydrogens (tertiary/aromatic N) is 2. The molecule has 1 aliphatic heterocycles. The van der Waals surface area contributed by atoms with E-state index in [1.165, 1.54) is 36.5 Å². The summed E-state index contributed by atoms with van der Waals surface area (Å²) in [4.78, 5) is 11.6. The fraction of sp³-hybridized carbons (Fsp3) is 0.412. The summed E-state index contributed by atoms with van der Waals surface area (Å²) >= 11 is 0. The molecule has 1 aromatic rings. The molecule has 1 aromatic carbocycles. The lowest BCUT2D eigenvalue weighted by Crippen LogP contribution is -2.40. The van der Waals surface area contributed by atoms with E-state index in [2.05, 4.69) is 0 Å². The van der Waals surface area contributed by atoms with Gasteiger partial charge in [-0.05, 0) is 30.7 Å². The summed E-state index contributed by atoms with van der Waals surface area (Å²) in [6.45, 7) is 2.66. The van der Waals surface area contributed by atoms with E-state index in [-0.39, 0.29) is 23.7 Å². The fourth-order valence-corrected chi connectivity index (χ4v) is 3.93. The van der Waals surface area contributed by atoms with Crippen LogP contribution in [0.15, 0.2) is 29.2 Å². The minimum absolute atomic E-state index is 0.0165. The molecule has 1 saturated heterocycles. The van der Waals surface area contributed by atoms with Gasteiger partial charge in [0.05, 0.1) is 20.3 Å². The zero-order valence-corrected chi connectivity index (χ0v) is 15.4. The standard InChI is InChI=1S/C17H20N2O6S/c1-13(12-18)25-17(20)6-4-14-3-5-15(23-2)16(11-14)26(21,22)19-7-9-24-10-8-19/h3-6,11,13H,7-10H2,1-2H3. The van der Waals surface area contributed by atoms with Crippen LogP contribution in [0.25, 0.3) is 6.08 Å². The smallest absolute Gasteiger partial charge is 0.332 e. The van der Waals surface area contributed by atoms with Crippen LogP contribution in [0.1, 0.15) is 12.5 Å². The number of sulfonamides is 1. The van der Waals surface area contributed by atoms with Gasteiger partial charge >= 0.3 is 5.97 Å². The number of esters is 1. The van der Waals surface area contributed by atoms with Gasteiger partial charge in [0.25, 0.3) is 0 Å². The Labute approximate surface area is 152 Å². The van der Waals surface area contributed by atoms with Gasteiger partial charge in [0.2, 0.25) is 10.0 Å². The Balaban J connectivity index is 2.28. The highest BCUT2D eigenvalue weighted by molar-refractivity contribution is 7.89. The first-order chi connectivity index (χ1) is 12.4. The second kappa shape index (κ2) is 8.80. The van der Waals surface area contributed by atoms with E-state index in [0.717, 1.165) is 6.08 Å². The van der Waals surface area contributed by atoms with E-state index in [9.17, 15) is 13.2 Å². The zero-order chi connectivity index (χ0) is 19.2. The Kier molecular flexibility index (Phi) is 6.74. The maximum atomic E-state index is 12.9. The monoisotopic (exact) mass is 380 g/mol. The Morgan fingerprint density at radius 3 is 2.69 bits per heavy atom. The molecule has 8 nitrogen and oxygen atoms in total. The first-order valence-electron chi connectivity index (χ1n) is 7.92. The van der Waals surface area contributed by atoms with Crippen LogP contribution in [0.5, 0.6) is 5.75 Å². The topological polar surface area (TPSA) is 106 Å². The highest BCUT2D eigenvalue weighted by Crippen LogP contribution is 2.28. The summed E-state index contributed by atoms with van der Waals surface area (Å²) in [6, 6.07) is 6.36. The van der Waals surface area contributed by atoms with E-state index < -0.39 is 22.1 Å². The van der Waals surface area contributed by atoms with Gasteiger partial charge in [-0.25, -0.2) is 13.2 Å². The maximum Gasteiger partial charge on any atom is 0.332 e. The van der Waals surface area contributed by atoms with Crippen molar-refractivity contribution < 1.29 is 27.4 Å². The van der Waals surface area contributed by atoms with Crippen molar-refractivity contribution in [3.63, 3.8) is 0 Å². The summed E-state index contributed by atoms with van der Waals surface area (Å²) in [7, 11) is -2.36. The molecule has 140 valence electrons. The van der Waals surface area contributed by atoms with Gasteiger partial charge in [0.15, 0.2) is 6.10 Å². The van der Waals surface area contributed by atoms with Gasteiger partial charge in [0, 0.05) is 19.2 Å². The predicted octanol–water partition coefficient (Wildman–Crippen LogP) is 1.18. The third-order valence-corrected chi connectivity index (χ3v) is 5.58. The van der Waals surface area contributed by atoms with Crippen LogP contribution in [-0.2, 0) is 24.3 Å². The molecule has 9 heteroatoms. The van der Waals surface area contributed by atoms with E-state index in [1.807, 2.05) is 0 Å². The normalized spacial score (nSPS) is 16.8. The lowest BCUT2D eigenvalue weighted by Gasteiger charge is -2.26. The van der Waals surface area contributed by atoms with Gasteiger partial charge < -0.3 is 14.2 Å². The molecule has 0 radical (unpaired) electrons. The molecule has 0 N–H and O–H groups in total. The van der Waals surface area contributed by atoms with Crippen molar-refractivity contribution in [3.05, 3.63) is 29.8 Å². The summed E-state index contributed by atoms with van der Waals surface area (Å²) in [5.74, 6) is -0.471. The van der Waals surface area contributed by atoms with Crippen molar-refractivity contribution in [1.82, 2.24) is 4.31 Å². The van der Waals surface area contributed by atoms with Gasteiger partial charge in [-0.3, -0.25) is 0 Å². The molecule has 0 amide bonds. The Morgan fingerprint density at radius 1 is 1.38 bits per heavy atom. The number of rotatable bonds is 6. The number of hydrogen-bond acceptors (Lipinski definition) is 7. The number of hydrogen-bond donors (Lipinski definition) is 0. The van der Waals surface area contributed by atoms with E-state index in [4.69, 9.17) is 19.5 Å². The highest BCUT2D eigenvalue weighted by Gasteiger charge is 2.29. The number of nitriles is 1. The molecule has 1 heterocycles. The molecule has 1 aliphatic rings. The van der Waals surface area contributed by atoms with Crippen LogP contribution in [0.4, 0.5) is 0 Å². The number of benzene rings is 1. The quantitative estimate of drug-likeness (QED) is 0.539. The molecule has 0 spiro atoms. The van der Waals surface area contributed by atoms with Crippen LogP contribution >= 0.6 is 0 Å². The molecule has 2 rings (SSSR count). The van der Waals surface area contributed by atoms with E-state index in [0.29, 0.717) is 18.8 Å². The van der Waals surface area contributed by atoms with Crippen molar-refractivity contribution >= 4 is 22.1 Å². The minimum atomic E-state index is -3.75. The SMILES string of the molecule is COc1ccc(C=CC(=O)OC(C)C#N)cc1S(=O)(=O)N1CCOCC1. The molecular weight excluding hydrogens is 360 g/mol. The third kappa shape index (κ3) is 4.82. The lowest BCUT2D eigenvalue weighted by atomic mass is 10.2. The van der Waals surface area contributed by atoms with Gasteiger partial charge in [0.1, 0.15) is 16.7 Å². The first kappa shape index (κ1) is 19.9. The molecule has 0 aromatic heterocycles. The minimum Gasteiger partial charge on any atom is -0.495 e. The molecule has 1 unspecified atom stereocenters. The molecular formula is C17H20N2O6S. The number of carbonyl (C=O) groups excluding carboxylic acids is 1. The largest absolute Gasteiger partial charge is 0.495 e. The Morgan fingerprint density at radius 2 is 2.08 bits per heavy atom. The maximum absolute atomic E-state index is 12.9. The predicted molar refractivity (Wildman–Crippen MR) is 92.8 cm³/mol. The van der Waals surface area contributed by atoms with Crippen molar-refractivity contribution in [3.8, 4) is 11.8 Å². The van der Waals surface area contributed by atoms with Gasteiger partial charge in [-0.15, -0.1) is 0 Å². The van der Waals surface area contributed by atoms with Crippen LogP contribution < -0.4 is 4.74 Å². The van der Waals surface area contributed by atoms with Gasteiger partial charge in [-0.1, -0.05) is 6.07 Å². The molecule has 0 bridgehead atoms. The molecule has 0 saturated carbocycles. The van der Waals surface area contributed by atoms with Crippen molar-refractivity contribution in [2.75, 3.05) is 33.4 Å². The Hall–Kier alpha value is -2.41. The van der Waals surface area contributed by atoms with Crippen LogP contribution in [0, 0.1) is 11.3 Å². The Bertz CT molecular complexity index is 822. The summed E-state index contributed by atoms with van der Waals surface area (Å²) in [6.07, 6.45) is 1.70. The van der Waals surface area contributed by atoms with Crippen LogP contribution in [0.2, 0.25) is 0 Å². The molecule has 1 fully saturated rings. The summed E-state index contributed by atoms with van der Waals surface area (Å²) in [5, 5.41) is 8.63. The first-order valence-corrected chi connectivity index (χ1v) is 9.36. The van der Waals surface area contributed by atoms with Gasteiger partial charge in [-0.2, -0.15) is 9.57 Å². The number of carbonyl (C=O) groups is 1. The summed E-state index contributed by atoms with van der Waals surface area (Å²) in [5.41, 5.74) is 0.485. The number of methoxy groups -OCH3 is 1. The lowest BCUT2D eigenvalue weighted by molar-refractivity contribution is -0.139. The second-order valence-corrected chi connectivity index (χ2v) is 7.37. The third-order valence-electron chi connectivity index (χ3n) is 3.66. The molecule has 0 aliphatic carbocycles. The molecule has 26 heavy (non-hydrogen) atoms. The fourth-order valence-electron chi connectivity index (χ4n) is 2.33. The van der Waals surface area contributed by atoms with Crippen LogP contribution in [-0.4, -0.2) is 58.2 Å². The summed E-state index contributed by atoms with van der Waals surface area (Å²) < 4.78 is 42.3. The number of ether oxygens (including phenoxy) is 3. The second-order valence-electron chi connectivity index (χ2n) is 5.47. The van der Waals surface area contributed by atoms with Crippen molar-refractivity contribution in [1.29, 1.82) is 5.26 Å². The zero-order valence-electron chi connectivity index (χ0n) is 14.5.